The third-order valence-corrected chi connectivity index (χ3v) is 4.72. The Balaban J connectivity index is 1.99. The molecular formula is C15H12ClIN6. The maximum atomic E-state index is 6.06. The predicted octanol–water partition coefficient (Wildman–Crippen LogP) is 3.92. The van der Waals surface area contributed by atoms with Gasteiger partial charge in [0.15, 0.2) is 11.6 Å². The Bertz CT molecular complexity index is 880. The molecule has 6 nitrogen and oxygen atoms in total. The fraction of sp³-hybridized carbons (Fsp3) is 0.200. The molecule has 0 fully saturated rings. The molecule has 3 heterocycles. The van der Waals surface area contributed by atoms with Crippen molar-refractivity contribution in [2.75, 3.05) is 4.90 Å². The molecule has 0 aliphatic carbocycles. The zero-order valence-electron chi connectivity index (χ0n) is 12.2. The quantitative estimate of drug-likeness (QED) is 0.448. The van der Waals surface area contributed by atoms with Gasteiger partial charge < -0.3 is 4.90 Å². The molecule has 1 aromatic carbocycles. The standard InChI is InChI=1S/C15H12ClIN6/c1-2-11-14-21-19-8-22(14)12-7-18-15(16)20-13(12)23(11)10-5-3-4-9(17)6-10/h3-8,11H,2H2,1H3. The summed E-state index contributed by atoms with van der Waals surface area (Å²) in [5.74, 6) is 1.65. The van der Waals surface area contributed by atoms with Crippen LogP contribution in [0.4, 0.5) is 11.5 Å². The molecule has 2 aromatic heterocycles. The van der Waals surface area contributed by atoms with Crippen LogP contribution >= 0.6 is 34.2 Å². The smallest absolute Gasteiger partial charge is 0.224 e. The first-order chi connectivity index (χ1) is 11.2. The molecule has 0 radical (unpaired) electrons. The minimum atomic E-state index is 0.0363. The Labute approximate surface area is 151 Å². The minimum absolute atomic E-state index is 0.0363. The summed E-state index contributed by atoms with van der Waals surface area (Å²) in [4.78, 5) is 10.8. The number of nitrogens with zero attached hydrogens (tertiary/aromatic N) is 6. The number of halogens is 2. The van der Waals surface area contributed by atoms with Crippen LogP contribution in [0.5, 0.6) is 0 Å². The topological polar surface area (TPSA) is 59.7 Å². The molecule has 0 saturated carbocycles. The molecule has 23 heavy (non-hydrogen) atoms. The molecule has 0 N–H and O–H groups in total. The van der Waals surface area contributed by atoms with Gasteiger partial charge in [-0.2, -0.15) is 4.98 Å². The van der Waals surface area contributed by atoms with Crippen LogP contribution in [0.2, 0.25) is 5.28 Å². The summed E-state index contributed by atoms with van der Waals surface area (Å²) in [5, 5.41) is 8.60. The van der Waals surface area contributed by atoms with E-state index in [1.54, 1.807) is 12.5 Å². The highest BCUT2D eigenvalue weighted by molar-refractivity contribution is 14.1. The number of rotatable bonds is 2. The molecule has 1 aliphatic heterocycles. The van der Waals surface area contributed by atoms with Crippen LogP contribution in [-0.2, 0) is 0 Å². The van der Waals surface area contributed by atoms with Crippen molar-refractivity contribution < 1.29 is 0 Å². The lowest BCUT2D eigenvalue weighted by Gasteiger charge is -2.36. The summed E-state index contributed by atoms with van der Waals surface area (Å²) in [5.41, 5.74) is 1.88. The number of aromatic nitrogens is 5. The van der Waals surface area contributed by atoms with Crippen LogP contribution in [0, 0.1) is 3.57 Å². The second-order valence-corrected chi connectivity index (χ2v) is 6.76. The van der Waals surface area contributed by atoms with Crippen LogP contribution in [0.15, 0.2) is 36.8 Å². The lowest BCUT2D eigenvalue weighted by Crippen LogP contribution is -2.32. The van der Waals surface area contributed by atoms with Crippen molar-refractivity contribution in [3.05, 3.63) is 51.5 Å². The third-order valence-electron chi connectivity index (χ3n) is 3.87. The molecule has 0 saturated heterocycles. The highest BCUT2D eigenvalue weighted by atomic mass is 127. The van der Waals surface area contributed by atoms with Crippen LogP contribution in [0.25, 0.3) is 5.69 Å². The molecule has 3 aromatic rings. The maximum absolute atomic E-state index is 6.06. The summed E-state index contributed by atoms with van der Waals surface area (Å²) in [6.45, 7) is 2.12. The molecule has 116 valence electrons. The van der Waals surface area contributed by atoms with Gasteiger partial charge in [0.1, 0.15) is 12.0 Å². The van der Waals surface area contributed by atoms with Crippen molar-refractivity contribution in [1.82, 2.24) is 24.7 Å². The van der Waals surface area contributed by atoms with Crippen molar-refractivity contribution in [2.45, 2.75) is 19.4 Å². The van der Waals surface area contributed by atoms with E-state index in [9.17, 15) is 0 Å². The minimum Gasteiger partial charge on any atom is -0.314 e. The van der Waals surface area contributed by atoms with Gasteiger partial charge in [-0.05, 0) is 58.8 Å². The number of hydrogen-bond acceptors (Lipinski definition) is 5. The molecule has 0 amide bonds. The summed E-state index contributed by atoms with van der Waals surface area (Å²) >= 11 is 8.37. The van der Waals surface area contributed by atoms with Crippen molar-refractivity contribution in [3.63, 3.8) is 0 Å². The van der Waals surface area contributed by atoms with E-state index in [-0.39, 0.29) is 11.3 Å². The SMILES string of the molecule is CCC1c2nncn2-c2cnc(Cl)nc2N1c1cccc(I)c1. The monoisotopic (exact) mass is 438 g/mol. The Kier molecular flexibility index (Phi) is 3.68. The summed E-state index contributed by atoms with van der Waals surface area (Å²) in [6, 6.07) is 8.32. The first kappa shape index (κ1) is 14.8. The van der Waals surface area contributed by atoms with E-state index >= 15 is 0 Å². The largest absolute Gasteiger partial charge is 0.314 e. The third kappa shape index (κ3) is 2.38. The Morgan fingerprint density at radius 2 is 2.22 bits per heavy atom. The molecule has 0 spiro atoms. The van der Waals surface area contributed by atoms with Crippen molar-refractivity contribution in [1.29, 1.82) is 0 Å². The molecular weight excluding hydrogens is 427 g/mol. The molecule has 1 aliphatic rings. The van der Waals surface area contributed by atoms with Gasteiger partial charge in [0.25, 0.3) is 0 Å². The normalized spacial score (nSPS) is 16.1. The van der Waals surface area contributed by atoms with Crippen molar-refractivity contribution in [3.8, 4) is 5.69 Å². The van der Waals surface area contributed by atoms with E-state index in [0.717, 1.165) is 33.0 Å². The number of anilines is 2. The van der Waals surface area contributed by atoms with Gasteiger partial charge in [-0.15, -0.1) is 10.2 Å². The van der Waals surface area contributed by atoms with E-state index in [2.05, 4.69) is 72.8 Å². The predicted molar refractivity (Wildman–Crippen MR) is 96.3 cm³/mol. The maximum Gasteiger partial charge on any atom is 0.224 e. The Hall–Kier alpha value is -1.74. The molecule has 8 heteroatoms. The second-order valence-electron chi connectivity index (χ2n) is 5.18. The second kappa shape index (κ2) is 5.72. The zero-order chi connectivity index (χ0) is 16.0. The van der Waals surface area contributed by atoms with Gasteiger partial charge in [-0.1, -0.05) is 13.0 Å². The number of hydrogen-bond donors (Lipinski definition) is 0. The molecule has 1 atom stereocenters. The van der Waals surface area contributed by atoms with Crippen LogP contribution < -0.4 is 4.90 Å². The van der Waals surface area contributed by atoms with Gasteiger partial charge in [0, 0.05) is 9.26 Å². The molecule has 0 bridgehead atoms. The van der Waals surface area contributed by atoms with Gasteiger partial charge in [-0.25, -0.2) is 4.98 Å². The van der Waals surface area contributed by atoms with Gasteiger partial charge in [0.05, 0.1) is 12.2 Å². The first-order valence-corrected chi connectivity index (χ1v) is 8.62. The van der Waals surface area contributed by atoms with Crippen LogP contribution in [0.3, 0.4) is 0 Å². The lowest BCUT2D eigenvalue weighted by molar-refractivity contribution is 0.589. The highest BCUT2D eigenvalue weighted by Crippen LogP contribution is 2.43. The van der Waals surface area contributed by atoms with Crippen molar-refractivity contribution in [2.24, 2.45) is 0 Å². The summed E-state index contributed by atoms with van der Waals surface area (Å²) in [7, 11) is 0. The van der Waals surface area contributed by atoms with Crippen molar-refractivity contribution >= 4 is 45.7 Å². The van der Waals surface area contributed by atoms with Crippen LogP contribution in [-0.4, -0.2) is 24.7 Å². The Morgan fingerprint density at radius 1 is 1.35 bits per heavy atom. The lowest BCUT2D eigenvalue weighted by atomic mass is 10.1. The van der Waals surface area contributed by atoms with E-state index in [4.69, 9.17) is 11.6 Å². The first-order valence-electron chi connectivity index (χ1n) is 7.16. The van der Waals surface area contributed by atoms with E-state index in [1.165, 1.54) is 0 Å². The van der Waals surface area contributed by atoms with E-state index in [1.807, 2.05) is 10.6 Å². The van der Waals surface area contributed by atoms with E-state index < -0.39 is 0 Å². The number of fused-ring (bicyclic) bond motifs is 3. The summed E-state index contributed by atoms with van der Waals surface area (Å²) in [6.07, 6.45) is 4.27. The zero-order valence-corrected chi connectivity index (χ0v) is 15.1. The Morgan fingerprint density at radius 3 is 3.00 bits per heavy atom. The van der Waals surface area contributed by atoms with Gasteiger partial charge >= 0.3 is 0 Å². The number of benzene rings is 1. The average molecular weight is 439 g/mol. The van der Waals surface area contributed by atoms with Gasteiger partial charge in [0.2, 0.25) is 5.28 Å². The fourth-order valence-corrected chi connectivity index (χ4v) is 3.56. The summed E-state index contributed by atoms with van der Waals surface area (Å²) < 4.78 is 3.09. The van der Waals surface area contributed by atoms with Gasteiger partial charge in [-0.3, -0.25) is 4.57 Å². The van der Waals surface area contributed by atoms with Crippen LogP contribution in [0.1, 0.15) is 25.2 Å². The highest BCUT2D eigenvalue weighted by Gasteiger charge is 2.34. The average Bonchev–Trinajstić information content (AvgIpc) is 3.02. The molecule has 1 unspecified atom stereocenters. The molecule has 4 rings (SSSR count). The fourth-order valence-electron chi connectivity index (χ4n) is 2.91. The van der Waals surface area contributed by atoms with E-state index in [0.29, 0.717) is 0 Å².